The molecule has 0 bridgehead atoms. The Labute approximate surface area is 213 Å². The van der Waals surface area contributed by atoms with Crippen LogP contribution in [0.3, 0.4) is 0 Å². The van der Waals surface area contributed by atoms with Gasteiger partial charge in [0.2, 0.25) is 5.75 Å². The predicted molar refractivity (Wildman–Crippen MR) is 137 cm³/mol. The average Bonchev–Trinajstić information content (AvgIpc) is 3.23. The van der Waals surface area contributed by atoms with E-state index in [0.29, 0.717) is 45.2 Å². The highest BCUT2D eigenvalue weighted by atomic mass is 35.5. The third-order valence-electron chi connectivity index (χ3n) is 5.69. The van der Waals surface area contributed by atoms with Crippen molar-refractivity contribution in [1.82, 2.24) is 14.9 Å². The standard InChI is InChI=1S/C26H25Cl2N3O4/c1-15(29-26(32)17-11-22(33-2)24(35-4)23(12-17)34-3)25-30-20-7-5-6-8-21(20)31(25)14-16-9-10-18(27)13-19(16)28/h5-13,15H,14H2,1-4H3,(H,29,32). The molecule has 0 aliphatic heterocycles. The van der Waals surface area contributed by atoms with Gasteiger partial charge in [0.15, 0.2) is 11.5 Å². The van der Waals surface area contributed by atoms with Gasteiger partial charge in [0.1, 0.15) is 5.82 Å². The molecule has 182 valence electrons. The number of nitrogens with one attached hydrogen (secondary N) is 1. The first-order valence-corrected chi connectivity index (χ1v) is 11.6. The van der Waals surface area contributed by atoms with E-state index in [1.54, 1.807) is 24.3 Å². The molecule has 0 spiro atoms. The summed E-state index contributed by atoms with van der Waals surface area (Å²) >= 11 is 12.5. The second-order valence-corrected chi connectivity index (χ2v) is 8.73. The van der Waals surface area contributed by atoms with Crippen molar-refractivity contribution < 1.29 is 19.0 Å². The third-order valence-corrected chi connectivity index (χ3v) is 6.28. The van der Waals surface area contributed by atoms with Gasteiger partial charge < -0.3 is 24.1 Å². The van der Waals surface area contributed by atoms with Crippen molar-refractivity contribution in [2.45, 2.75) is 19.5 Å². The van der Waals surface area contributed by atoms with Gasteiger partial charge in [0, 0.05) is 15.6 Å². The van der Waals surface area contributed by atoms with Crippen LogP contribution < -0.4 is 19.5 Å². The maximum Gasteiger partial charge on any atom is 0.252 e. The summed E-state index contributed by atoms with van der Waals surface area (Å²) in [6.07, 6.45) is 0. The fourth-order valence-corrected chi connectivity index (χ4v) is 4.44. The monoisotopic (exact) mass is 513 g/mol. The first kappa shape index (κ1) is 24.7. The van der Waals surface area contributed by atoms with Crippen molar-refractivity contribution in [2.24, 2.45) is 0 Å². The lowest BCUT2D eigenvalue weighted by molar-refractivity contribution is 0.0937. The average molecular weight is 514 g/mol. The number of para-hydroxylation sites is 2. The Kier molecular flexibility index (Phi) is 7.38. The highest BCUT2D eigenvalue weighted by Gasteiger charge is 2.22. The third kappa shape index (κ3) is 5.01. The lowest BCUT2D eigenvalue weighted by atomic mass is 10.1. The molecule has 35 heavy (non-hydrogen) atoms. The molecule has 3 aromatic carbocycles. The smallest absolute Gasteiger partial charge is 0.252 e. The van der Waals surface area contributed by atoms with Crippen LogP contribution in [-0.4, -0.2) is 36.8 Å². The number of hydrogen-bond donors (Lipinski definition) is 1. The number of imidazole rings is 1. The molecular weight excluding hydrogens is 489 g/mol. The van der Waals surface area contributed by atoms with Gasteiger partial charge in [-0.3, -0.25) is 4.79 Å². The van der Waals surface area contributed by atoms with Crippen molar-refractivity contribution in [3.8, 4) is 17.2 Å². The zero-order valence-corrected chi connectivity index (χ0v) is 21.3. The number of ether oxygens (including phenoxy) is 3. The minimum absolute atomic E-state index is 0.306. The fourth-order valence-electron chi connectivity index (χ4n) is 3.97. The number of amides is 1. The Balaban J connectivity index is 1.68. The van der Waals surface area contributed by atoms with Crippen LogP contribution >= 0.6 is 23.2 Å². The van der Waals surface area contributed by atoms with Gasteiger partial charge in [-0.1, -0.05) is 41.4 Å². The summed E-state index contributed by atoms with van der Waals surface area (Å²) in [6.45, 7) is 2.35. The van der Waals surface area contributed by atoms with E-state index >= 15 is 0 Å². The van der Waals surface area contributed by atoms with Crippen LogP contribution in [0.15, 0.2) is 54.6 Å². The molecule has 0 aliphatic rings. The maximum absolute atomic E-state index is 13.2. The van der Waals surface area contributed by atoms with Gasteiger partial charge in [-0.05, 0) is 48.9 Å². The highest BCUT2D eigenvalue weighted by Crippen LogP contribution is 2.38. The number of methoxy groups -OCH3 is 3. The normalized spacial score (nSPS) is 11.8. The molecule has 4 rings (SSSR count). The van der Waals surface area contributed by atoms with Gasteiger partial charge in [-0.2, -0.15) is 0 Å². The van der Waals surface area contributed by atoms with Gasteiger partial charge in [0.05, 0.1) is 44.9 Å². The number of rotatable bonds is 8. The van der Waals surface area contributed by atoms with Gasteiger partial charge in [-0.25, -0.2) is 4.98 Å². The summed E-state index contributed by atoms with van der Waals surface area (Å²) in [5.41, 5.74) is 3.02. The largest absolute Gasteiger partial charge is 0.493 e. The summed E-state index contributed by atoms with van der Waals surface area (Å²) in [5.74, 6) is 1.60. The highest BCUT2D eigenvalue weighted by molar-refractivity contribution is 6.35. The molecule has 4 aromatic rings. The Morgan fingerprint density at radius 3 is 2.31 bits per heavy atom. The number of carbonyl (C=O) groups excluding carboxylic acids is 1. The van der Waals surface area contributed by atoms with E-state index in [1.807, 2.05) is 41.8 Å². The number of halogens is 2. The van der Waals surface area contributed by atoms with E-state index in [2.05, 4.69) is 5.32 Å². The first-order chi connectivity index (χ1) is 16.9. The summed E-state index contributed by atoms with van der Waals surface area (Å²) in [7, 11) is 4.53. The molecule has 1 heterocycles. The van der Waals surface area contributed by atoms with Crippen LogP contribution in [0.1, 0.15) is 34.7 Å². The van der Waals surface area contributed by atoms with Crippen molar-refractivity contribution in [3.63, 3.8) is 0 Å². The molecule has 1 atom stereocenters. The lowest BCUT2D eigenvalue weighted by Crippen LogP contribution is -2.29. The van der Waals surface area contributed by atoms with Crippen LogP contribution in [0, 0.1) is 0 Å². The molecule has 7 nitrogen and oxygen atoms in total. The number of carbonyl (C=O) groups is 1. The van der Waals surface area contributed by atoms with Crippen LogP contribution in [0.4, 0.5) is 0 Å². The number of nitrogens with zero attached hydrogens (tertiary/aromatic N) is 2. The Hall–Kier alpha value is -3.42. The van der Waals surface area contributed by atoms with E-state index in [1.165, 1.54) is 21.3 Å². The number of benzene rings is 3. The second-order valence-electron chi connectivity index (χ2n) is 7.89. The van der Waals surface area contributed by atoms with E-state index in [4.69, 9.17) is 42.4 Å². The zero-order valence-electron chi connectivity index (χ0n) is 19.8. The Morgan fingerprint density at radius 2 is 1.69 bits per heavy atom. The number of fused-ring (bicyclic) bond motifs is 1. The van der Waals surface area contributed by atoms with Crippen molar-refractivity contribution >= 4 is 40.1 Å². The molecule has 1 amide bonds. The van der Waals surface area contributed by atoms with E-state index < -0.39 is 6.04 Å². The molecule has 1 N–H and O–H groups in total. The first-order valence-electron chi connectivity index (χ1n) is 10.9. The molecule has 0 saturated heterocycles. The van der Waals surface area contributed by atoms with E-state index in [-0.39, 0.29) is 5.91 Å². The fraction of sp³-hybridized carbons (Fsp3) is 0.231. The molecule has 0 saturated carbocycles. The van der Waals surface area contributed by atoms with Crippen LogP contribution in [0.2, 0.25) is 10.0 Å². The minimum Gasteiger partial charge on any atom is -0.493 e. The molecule has 0 aliphatic carbocycles. The van der Waals surface area contributed by atoms with Gasteiger partial charge in [0.25, 0.3) is 5.91 Å². The maximum atomic E-state index is 13.2. The molecule has 0 radical (unpaired) electrons. The molecule has 9 heteroatoms. The number of aromatic nitrogens is 2. The van der Waals surface area contributed by atoms with E-state index in [0.717, 1.165) is 16.6 Å². The number of hydrogen-bond acceptors (Lipinski definition) is 5. The molecule has 0 fully saturated rings. The van der Waals surface area contributed by atoms with Crippen molar-refractivity contribution in [1.29, 1.82) is 0 Å². The quantitative estimate of drug-likeness (QED) is 0.317. The topological polar surface area (TPSA) is 74.6 Å². The molecular formula is C26H25Cl2N3O4. The van der Waals surface area contributed by atoms with Crippen LogP contribution in [0.25, 0.3) is 11.0 Å². The summed E-state index contributed by atoms with van der Waals surface area (Å²) in [4.78, 5) is 18.0. The van der Waals surface area contributed by atoms with Crippen molar-refractivity contribution in [2.75, 3.05) is 21.3 Å². The Morgan fingerprint density at radius 1 is 1.00 bits per heavy atom. The lowest BCUT2D eigenvalue weighted by Gasteiger charge is -2.18. The van der Waals surface area contributed by atoms with Crippen molar-refractivity contribution in [3.05, 3.63) is 81.6 Å². The zero-order chi connectivity index (χ0) is 25.1. The molecule has 1 aromatic heterocycles. The Bertz CT molecular complexity index is 1360. The van der Waals surface area contributed by atoms with E-state index in [9.17, 15) is 4.79 Å². The second kappa shape index (κ2) is 10.5. The predicted octanol–water partition coefficient (Wildman–Crippen LogP) is 5.91. The minimum atomic E-state index is -0.417. The van der Waals surface area contributed by atoms with Gasteiger partial charge in [-0.15, -0.1) is 0 Å². The molecule has 1 unspecified atom stereocenters. The summed E-state index contributed by atoms with van der Waals surface area (Å²) in [5, 5.41) is 4.17. The van der Waals surface area contributed by atoms with Crippen LogP contribution in [0.5, 0.6) is 17.2 Å². The SMILES string of the molecule is COc1cc(C(=O)NC(C)c2nc3ccccc3n2Cc2ccc(Cl)cc2Cl)cc(OC)c1OC. The van der Waals surface area contributed by atoms with Crippen LogP contribution in [-0.2, 0) is 6.54 Å². The van der Waals surface area contributed by atoms with Gasteiger partial charge >= 0.3 is 0 Å². The summed E-state index contributed by atoms with van der Waals surface area (Å²) in [6, 6.07) is 16.0. The summed E-state index contributed by atoms with van der Waals surface area (Å²) < 4.78 is 18.2.